The van der Waals surface area contributed by atoms with Crippen molar-refractivity contribution in [2.24, 2.45) is 0 Å². The Morgan fingerprint density at radius 2 is 1.96 bits per heavy atom. The Balaban J connectivity index is 1.36. The largest absolute Gasteiger partial charge is 0.419 e. The lowest BCUT2D eigenvalue weighted by Gasteiger charge is -2.03. The van der Waals surface area contributed by atoms with E-state index in [-0.39, 0.29) is 18.9 Å². The number of nitrogens with one attached hydrogen (secondary N) is 1. The van der Waals surface area contributed by atoms with Crippen LogP contribution in [0.15, 0.2) is 68.4 Å². The number of carbonyl (C=O) groups is 1. The van der Waals surface area contributed by atoms with E-state index in [1.54, 1.807) is 24.4 Å². The first kappa shape index (κ1) is 18.6. The average molecular weight is 458 g/mol. The minimum atomic E-state index is -0.458. The Bertz CT molecular complexity index is 1180. The van der Waals surface area contributed by atoms with E-state index < -0.39 is 5.76 Å². The van der Waals surface area contributed by atoms with Gasteiger partial charge in [0.05, 0.1) is 5.52 Å². The highest BCUT2D eigenvalue weighted by Crippen LogP contribution is 2.22. The Morgan fingerprint density at radius 1 is 1.18 bits per heavy atom. The smallest absolute Gasteiger partial charge is 0.408 e. The Morgan fingerprint density at radius 3 is 2.79 bits per heavy atom. The molecule has 8 heteroatoms. The average Bonchev–Trinajstić information content (AvgIpc) is 3.25. The third-order valence-corrected chi connectivity index (χ3v) is 5.67. The van der Waals surface area contributed by atoms with Crippen molar-refractivity contribution in [3.63, 3.8) is 0 Å². The molecular weight excluding hydrogens is 442 g/mol. The van der Waals surface area contributed by atoms with Gasteiger partial charge < -0.3 is 9.73 Å². The summed E-state index contributed by atoms with van der Waals surface area (Å²) >= 11 is 4.87. The molecule has 0 fully saturated rings. The van der Waals surface area contributed by atoms with Gasteiger partial charge in [0.25, 0.3) is 0 Å². The molecule has 0 aliphatic carbocycles. The zero-order valence-corrected chi connectivity index (χ0v) is 17.1. The van der Waals surface area contributed by atoms with Gasteiger partial charge in [-0.15, -0.1) is 11.3 Å². The monoisotopic (exact) mass is 457 g/mol. The minimum Gasteiger partial charge on any atom is -0.408 e. The molecule has 0 atom stereocenters. The van der Waals surface area contributed by atoms with Crippen LogP contribution in [0.1, 0.15) is 16.9 Å². The van der Waals surface area contributed by atoms with Crippen molar-refractivity contribution in [2.75, 3.05) is 5.32 Å². The molecule has 0 saturated heterocycles. The first-order chi connectivity index (χ1) is 13.6. The van der Waals surface area contributed by atoms with E-state index in [1.807, 2.05) is 18.2 Å². The van der Waals surface area contributed by atoms with Crippen LogP contribution in [0.25, 0.3) is 11.1 Å². The molecule has 4 rings (SSSR count). The molecule has 28 heavy (non-hydrogen) atoms. The number of amides is 1. The molecule has 0 aliphatic rings. The van der Waals surface area contributed by atoms with Crippen LogP contribution in [0.4, 0.5) is 5.13 Å². The molecule has 0 saturated carbocycles. The van der Waals surface area contributed by atoms with Crippen molar-refractivity contribution in [3.05, 3.63) is 80.2 Å². The van der Waals surface area contributed by atoms with E-state index in [0.717, 1.165) is 15.8 Å². The summed E-state index contributed by atoms with van der Waals surface area (Å²) < 4.78 is 7.69. The standard InChI is InChI=1S/C20H16BrN3O3S/c21-14-7-5-13(6-8-14)11-15-12-22-19(28-15)23-18(25)9-10-24-16-3-1-2-4-17(16)27-20(24)26/h1-8,12H,9-11H2,(H,22,23,25). The number of rotatable bonds is 6. The predicted octanol–water partition coefficient (Wildman–Crippen LogP) is 4.43. The van der Waals surface area contributed by atoms with Crippen molar-refractivity contribution in [3.8, 4) is 0 Å². The second-order valence-corrected chi connectivity index (χ2v) is 8.25. The fourth-order valence-electron chi connectivity index (χ4n) is 2.87. The molecule has 6 nitrogen and oxygen atoms in total. The van der Waals surface area contributed by atoms with E-state index in [9.17, 15) is 9.59 Å². The van der Waals surface area contributed by atoms with Gasteiger partial charge in [-0.25, -0.2) is 9.78 Å². The topological polar surface area (TPSA) is 77.1 Å². The number of para-hydroxylation sites is 2. The minimum absolute atomic E-state index is 0.158. The zero-order valence-electron chi connectivity index (χ0n) is 14.7. The van der Waals surface area contributed by atoms with Crippen LogP contribution in [-0.2, 0) is 17.8 Å². The fraction of sp³-hybridized carbons (Fsp3) is 0.150. The number of carbonyl (C=O) groups excluding carboxylic acids is 1. The number of thiazole rings is 1. The summed E-state index contributed by atoms with van der Waals surface area (Å²) in [6.07, 6.45) is 2.69. The molecule has 0 radical (unpaired) electrons. The van der Waals surface area contributed by atoms with Crippen LogP contribution in [0.5, 0.6) is 0 Å². The number of hydrogen-bond donors (Lipinski definition) is 1. The lowest BCUT2D eigenvalue weighted by Crippen LogP contribution is -2.19. The van der Waals surface area contributed by atoms with Gasteiger partial charge in [-0.2, -0.15) is 0 Å². The second kappa shape index (κ2) is 8.12. The Labute approximate surface area is 173 Å². The number of anilines is 1. The molecule has 4 aromatic rings. The summed E-state index contributed by atoms with van der Waals surface area (Å²) in [4.78, 5) is 29.6. The molecule has 0 aliphatic heterocycles. The number of hydrogen-bond acceptors (Lipinski definition) is 5. The highest BCUT2D eigenvalue weighted by Gasteiger charge is 2.12. The summed E-state index contributed by atoms with van der Waals surface area (Å²) in [5, 5.41) is 3.36. The number of oxazole rings is 1. The maximum atomic E-state index is 12.3. The van der Waals surface area contributed by atoms with Gasteiger partial charge in [-0.05, 0) is 29.8 Å². The highest BCUT2D eigenvalue weighted by molar-refractivity contribution is 9.10. The Hall–Kier alpha value is -2.71. The molecule has 1 N–H and O–H groups in total. The summed E-state index contributed by atoms with van der Waals surface area (Å²) in [5.74, 6) is -0.651. The molecule has 0 bridgehead atoms. The van der Waals surface area contributed by atoms with Crippen molar-refractivity contribution in [2.45, 2.75) is 19.4 Å². The van der Waals surface area contributed by atoms with E-state index in [0.29, 0.717) is 16.2 Å². The first-order valence-corrected chi connectivity index (χ1v) is 10.3. The third-order valence-electron chi connectivity index (χ3n) is 4.23. The molecule has 1 amide bonds. The van der Waals surface area contributed by atoms with E-state index in [2.05, 4.69) is 38.4 Å². The van der Waals surface area contributed by atoms with Gasteiger partial charge in [0.1, 0.15) is 0 Å². The van der Waals surface area contributed by atoms with Crippen LogP contribution in [0.2, 0.25) is 0 Å². The number of benzene rings is 2. The molecule has 2 heterocycles. The van der Waals surface area contributed by atoms with E-state index in [4.69, 9.17) is 4.42 Å². The van der Waals surface area contributed by atoms with Crippen LogP contribution < -0.4 is 11.1 Å². The summed E-state index contributed by atoms with van der Waals surface area (Å²) in [6, 6.07) is 15.3. The van der Waals surface area contributed by atoms with Gasteiger partial charge in [-0.1, -0.05) is 40.2 Å². The summed E-state index contributed by atoms with van der Waals surface area (Å²) in [6.45, 7) is 0.249. The molecule has 142 valence electrons. The van der Waals surface area contributed by atoms with Crippen molar-refractivity contribution >= 4 is 49.4 Å². The van der Waals surface area contributed by atoms with Crippen LogP contribution in [0, 0.1) is 0 Å². The SMILES string of the molecule is O=C(CCn1c(=O)oc2ccccc21)Nc1ncc(Cc2ccc(Br)cc2)s1. The lowest BCUT2D eigenvalue weighted by atomic mass is 10.1. The zero-order chi connectivity index (χ0) is 19.5. The van der Waals surface area contributed by atoms with Gasteiger partial charge in [-0.3, -0.25) is 9.36 Å². The molecular formula is C20H16BrN3O3S. The molecule has 0 unspecified atom stereocenters. The van der Waals surface area contributed by atoms with E-state index >= 15 is 0 Å². The molecule has 0 spiro atoms. The van der Waals surface area contributed by atoms with Crippen molar-refractivity contribution in [1.82, 2.24) is 9.55 Å². The van der Waals surface area contributed by atoms with Crippen LogP contribution in [0.3, 0.4) is 0 Å². The predicted molar refractivity (Wildman–Crippen MR) is 113 cm³/mol. The van der Waals surface area contributed by atoms with Gasteiger partial charge in [0, 0.05) is 34.9 Å². The van der Waals surface area contributed by atoms with Crippen molar-refractivity contribution < 1.29 is 9.21 Å². The van der Waals surface area contributed by atoms with Gasteiger partial charge in [0.15, 0.2) is 10.7 Å². The summed E-state index contributed by atoms with van der Waals surface area (Å²) in [5.41, 5.74) is 2.38. The van der Waals surface area contributed by atoms with Gasteiger partial charge >= 0.3 is 5.76 Å². The number of fused-ring (bicyclic) bond motifs is 1. The molecule has 2 aromatic heterocycles. The number of halogens is 1. The highest BCUT2D eigenvalue weighted by atomic mass is 79.9. The first-order valence-electron chi connectivity index (χ1n) is 8.66. The summed E-state index contributed by atoms with van der Waals surface area (Å²) in [7, 11) is 0. The van der Waals surface area contributed by atoms with Crippen molar-refractivity contribution in [1.29, 1.82) is 0 Å². The van der Waals surface area contributed by atoms with Crippen LogP contribution in [-0.4, -0.2) is 15.5 Å². The number of aromatic nitrogens is 2. The maximum Gasteiger partial charge on any atom is 0.419 e. The quantitative estimate of drug-likeness (QED) is 0.464. The molecule has 2 aromatic carbocycles. The van der Waals surface area contributed by atoms with Gasteiger partial charge in [0.2, 0.25) is 5.91 Å². The lowest BCUT2D eigenvalue weighted by molar-refractivity contribution is -0.116. The van der Waals surface area contributed by atoms with Crippen LogP contribution >= 0.6 is 27.3 Å². The second-order valence-electron chi connectivity index (χ2n) is 6.22. The number of nitrogens with zero attached hydrogens (tertiary/aromatic N) is 2. The van der Waals surface area contributed by atoms with E-state index in [1.165, 1.54) is 21.5 Å². The normalized spacial score (nSPS) is 11.0. The Kier molecular flexibility index (Phi) is 5.40. The number of aryl methyl sites for hydroxylation is 1. The third kappa shape index (κ3) is 4.23. The fourth-order valence-corrected chi connectivity index (χ4v) is 4.00. The maximum absolute atomic E-state index is 12.3.